The molecule has 1 aromatic rings. The number of aldehydes is 1. The Balaban J connectivity index is 2.30. The number of aryl methyl sites for hydroxylation is 1. The van der Waals surface area contributed by atoms with E-state index in [-0.39, 0.29) is 11.9 Å². The molecule has 0 spiro atoms. The van der Waals surface area contributed by atoms with Crippen molar-refractivity contribution in [2.45, 2.75) is 25.8 Å². The van der Waals surface area contributed by atoms with Gasteiger partial charge in [-0.25, -0.2) is 4.98 Å². The van der Waals surface area contributed by atoms with Crippen LogP contribution in [0.1, 0.15) is 28.8 Å². The molecular weight excluding hydrogens is 230 g/mol. The number of anilines is 1. The van der Waals surface area contributed by atoms with E-state index >= 15 is 0 Å². The zero-order chi connectivity index (χ0) is 13.1. The summed E-state index contributed by atoms with van der Waals surface area (Å²) in [7, 11) is 1.65. The van der Waals surface area contributed by atoms with Crippen molar-refractivity contribution in [2.24, 2.45) is 0 Å². The highest BCUT2D eigenvalue weighted by Gasteiger charge is 2.31. The third-order valence-electron chi connectivity index (χ3n) is 3.28. The summed E-state index contributed by atoms with van der Waals surface area (Å²) in [6.45, 7) is 2.74. The summed E-state index contributed by atoms with van der Waals surface area (Å²) >= 11 is 0. The van der Waals surface area contributed by atoms with Gasteiger partial charge in [-0.2, -0.15) is 0 Å². The molecule has 1 aromatic heterocycles. The number of carbonyl (C=O) groups is 2. The minimum Gasteiger partial charge on any atom is -0.357 e. The first-order valence-corrected chi connectivity index (χ1v) is 6.07. The summed E-state index contributed by atoms with van der Waals surface area (Å²) in [5.74, 6) is 0.819. The van der Waals surface area contributed by atoms with E-state index in [0.717, 1.165) is 37.1 Å². The molecule has 0 saturated carbocycles. The molecule has 18 heavy (non-hydrogen) atoms. The van der Waals surface area contributed by atoms with Crippen LogP contribution in [-0.2, 0) is 4.79 Å². The Morgan fingerprint density at radius 1 is 1.61 bits per heavy atom. The third-order valence-corrected chi connectivity index (χ3v) is 3.28. The average molecular weight is 247 g/mol. The highest BCUT2D eigenvalue weighted by atomic mass is 16.2. The number of nitrogens with one attached hydrogen (secondary N) is 1. The Bertz CT molecular complexity index is 473. The fourth-order valence-electron chi connectivity index (χ4n) is 2.41. The van der Waals surface area contributed by atoms with Crippen LogP contribution in [0.15, 0.2) is 12.3 Å². The minimum atomic E-state index is -0.150. The fraction of sp³-hybridized carbons (Fsp3) is 0.462. The number of pyridine rings is 1. The topological polar surface area (TPSA) is 62.3 Å². The highest BCUT2D eigenvalue weighted by molar-refractivity contribution is 5.85. The van der Waals surface area contributed by atoms with Gasteiger partial charge in [-0.15, -0.1) is 0 Å². The van der Waals surface area contributed by atoms with Gasteiger partial charge in [0.25, 0.3) is 0 Å². The lowest BCUT2D eigenvalue weighted by atomic mass is 10.1. The second kappa shape index (κ2) is 5.16. The molecule has 2 rings (SSSR count). The lowest BCUT2D eigenvalue weighted by molar-refractivity contribution is -0.121. The van der Waals surface area contributed by atoms with Crippen LogP contribution in [0, 0.1) is 6.92 Å². The molecule has 96 valence electrons. The third kappa shape index (κ3) is 2.20. The van der Waals surface area contributed by atoms with Crippen LogP contribution < -0.4 is 10.2 Å². The normalized spacial score (nSPS) is 18.8. The SMILES string of the molecule is CNC(=O)C1CCCN1c1ncc(C=O)cc1C. The van der Waals surface area contributed by atoms with Gasteiger partial charge in [0.2, 0.25) is 5.91 Å². The van der Waals surface area contributed by atoms with E-state index in [9.17, 15) is 9.59 Å². The van der Waals surface area contributed by atoms with E-state index < -0.39 is 0 Å². The molecule has 1 aliphatic rings. The van der Waals surface area contributed by atoms with E-state index in [1.54, 1.807) is 19.3 Å². The van der Waals surface area contributed by atoms with Crippen LogP contribution in [0.3, 0.4) is 0 Å². The van der Waals surface area contributed by atoms with Crippen LogP contribution >= 0.6 is 0 Å². The second-order valence-corrected chi connectivity index (χ2v) is 4.49. The Hall–Kier alpha value is -1.91. The number of likely N-dealkylation sites (N-methyl/N-ethyl adjacent to an activating group) is 1. The quantitative estimate of drug-likeness (QED) is 0.807. The van der Waals surface area contributed by atoms with E-state index in [4.69, 9.17) is 0 Å². The molecule has 0 aromatic carbocycles. The number of amides is 1. The molecule has 1 N–H and O–H groups in total. The van der Waals surface area contributed by atoms with Crippen LogP contribution in [0.5, 0.6) is 0 Å². The molecule has 0 bridgehead atoms. The summed E-state index contributed by atoms with van der Waals surface area (Å²) < 4.78 is 0. The first-order chi connectivity index (χ1) is 8.67. The summed E-state index contributed by atoms with van der Waals surface area (Å²) in [4.78, 5) is 28.8. The van der Waals surface area contributed by atoms with Gasteiger partial charge in [-0.3, -0.25) is 9.59 Å². The van der Waals surface area contributed by atoms with E-state index in [1.807, 2.05) is 11.8 Å². The van der Waals surface area contributed by atoms with Crippen molar-refractivity contribution in [3.63, 3.8) is 0 Å². The lowest BCUT2D eigenvalue weighted by Gasteiger charge is -2.25. The van der Waals surface area contributed by atoms with Crippen molar-refractivity contribution < 1.29 is 9.59 Å². The maximum absolute atomic E-state index is 11.8. The number of hydrogen-bond acceptors (Lipinski definition) is 4. The molecule has 1 atom stereocenters. The first-order valence-electron chi connectivity index (χ1n) is 6.07. The standard InChI is InChI=1S/C13H17N3O2/c1-9-6-10(8-17)7-15-12(9)16-5-3-4-11(16)13(18)14-2/h6-8,11H,3-5H2,1-2H3,(H,14,18). The first kappa shape index (κ1) is 12.5. The van der Waals surface area contributed by atoms with E-state index in [0.29, 0.717) is 5.56 Å². The van der Waals surface area contributed by atoms with Gasteiger partial charge in [-0.05, 0) is 31.4 Å². The molecule has 0 aliphatic carbocycles. The molecule has 5 nitrogen and oxygen atoms in total. The van der Waals surface area contributed by atoms with Crippen LogP contribution in [0.4, 0.5) is 5.82 Å². The Morgan fingerprint density at radius 3 is 3.00 bits per heavy atom. The molecule has 0 radical (unpaired) electrons. The highest BCUT2D eigenvalue weighted by Crippen LogP contribution is 2.26. The molecule has 1 fully saturated rings. The monoisotopic (exact) mass is 247 g/mol. The maximum atomic E-state index is 11.8. The van der Waals surface area contributed by atoms with Gasteiger partial charge in [-0.1, -0.05) is 0 Å². The Morgan fingerprint density at radius 2 is 2.39 bits per heavy atom. The fourth-order valence-corrected chi connectivity index (χ4v) is 2.41. The van der Waals surface area contributed by atoms with Crippen molar-refractivity contribution in [3.8, 4) is 0 Å². The molecule has 1 amide bonds. The van der Waals surface area contributed by atoms with Crippen LogP contribution in [0.25, 0.3) is 0 Å². The van der Waals surface area contributed by atoms with Gasteiger partial charge < -0.3 is 10.2 Å². The van der Waals surface area contributed by atoms with E-state index in [1.165, 1.54) is 0 Å². The summed E-state index contributed by atoms with van der Waals surface area (Å²) in [6, 6.07) is 1.65. The van der Waals surface area contributed by atoms with Crippen LogP contribution in [-0.4, -0.2) is 36.8 Å². The molecule has 1 unspecified atom stereocenters. The average Bonchev–Trinajstić information content (AvgIpc) is 2.86. The zero-order valence-electron chi connectivity index (χ0n) is 10.6. The van der Waals surface area contributed by atoms with Gasteiger partial charge in [0, 0.05) is 25.4 Å². The minimum absolute atomic E-state index is 0.0214. The molecular formula is C13H17N3O2. The van der Waals surface area contributed by atoms with Crippen molar-refractivity contribution in [1.82, 2.24) is 10.3 Å². The van der Waals surface area contributed by atoms with Gasteiger partial charge in [0.05, 0.1) is 0 Å². The second-order valence-electron chi connectivity index (χ2n) is 4.49. The maximum Gasteiger partial charge on any atom is 0.242 e. The number of aromatic nitrogens is 1. The zero-order valence-corrected chi connectivity index (χ0v) is 10.6. The predicted octanol–water partition coefficient (Wildman–Crippen LogP) is 0.917. The smallest absolute Gasteiger partial charge is 0.242 e. The number of hydrogen-bond donors (Lipinski definition) is 1. The molecule has 2 heterocycles. The number of nitrogens with zero attached hydrogens (tertiary/aromatic N) is 2. The Kier molecular flexibility index (Phi) is 3.60. The number of rotatable bonds is 3. The van der Waals surface area contributed by atoms with Crippen molar-refractivity contribution >= 4 is 18.0 Å². The van der Waals surface area contributed by atoms with Gasteiger partial charge in [0.15, 0.2) is 6.29 Å². The lowest BCUT2D eigenvalue weighted by Crippen LogP contribution is -2.42. The molecule has 1 saturated heterocycles. The van der Waals surface area contributed by atoms with Gasteiger partial charge in [0.1, 0.15) is 11.9 Å². The molecule has 1 aliphatic heterocycles. The van der Waals surface area contributed by atoms with Crippen molar-refractivity contribution in [1.29, 1.82) is 0 Å². The summed E-state index contributed by atoms with van der Waals surface area (Å²) in [5.41, 5.74) is 1.49. The molecule has 5 heteroatoms. The van der Waals surface area contributed by atoms with Crippen LogP contribution in [0.2, 0.25) is 0 Å². The van der Waals surface area contributed by atoms with Crippen molar-refractivity contribution in [3.05, 3.63) is 23.4 Å². The van der Waals surface area contributed by atoms with Gasteiger partial charge >= 0.3 is 0 Å². The Labute approximate surface area is 106 Å². The largest absolute Gasteiger partial charge is 0.357 e. The van der Waals surface area contributed by atoms with Crippen molar-refractivity contribution in [2.75, 3.05) is 18.5 Å². The summed E-state index contributed by atoms with van der Waals surface area (Å²) in [6.07, 6.45) is 4.16. The summed E-state index contributed by atoms with van der Waals surface area (Å²) in [5, 5.41) is 2.68. The predicted molar refractivity (Wildman–Crippen MR) is 68.8 cm³/mol. The van der Waals surface area contributed by atoms with E-state index in [2.05, 4.69) is 10.3 Å². The number of carbonyl (C=O) groups excluding carboxylic acids is 2.